The molecule has 1 amide bonds. The summed E-state index contributed by atoms with van der Waals surface area (Å²) in [6.45, 7) is 4.25. The molecule has 0 aliphatic heterocycles. The van der Waals surface area contributed by atoms with Crippen molar-refractivity contribution >= 4 is 5.91 Å². The highest BCUT2D eigenvalue weighted by molar-refractivity contribution is 5.95. The fourth-order valence-corrected chi connectivity index (χ4v) is 2.42. The molecule has 1 atom stereocenters. The van der Waals surface area contributed by atoms with Crippen molar-refractivity contribution in [2.45, 2.75) is 19.9 Å². The van der Waals surface area contributed by atoms with Crippen molar-refractivity contribution in [3.8, 4) is 11.5 Å². The van der Waals surface area contributed by atoms with E-state index in [0.717, 1.165) is 5.56 Å². The fraction of sp³-hybridized carbons (Fsp3) is 0.316. The van der Waals surface area contributed by atoms with Crippen LogP contribution in [0.2, 0.25) is 0 Å². The molecule has 2 aromatic rings. The molecule has 24 heavy (non-hydrogen) atoms. The molecular weight excluding hydrogens is 309 g/mol. The second-order valence-corrected chi connectivity index (χ2v) is 5.44. The number of carbonyl (C=O) groups is 1. The molecule has 0 saturated heterocycles. The molecule has 0 heterocycles. The number of halogens is 1. The Hall–Kier alpha value is -2.56. The number of carbonyl (C=O) groups excluding carboxylic acids is 1. The van der Waals surface area contributed by atoms with E-state index in [-0.39, 0.29) is 17.8 Å². The number of hydrogen-bond acceptors (Lipinski definition) is 3. The Morgan fingerprint density at radius 3 is 2.42 bits per heavy atom. The van der Waals surface area contributed by atoms with Crippen LogP contribution >= 0.6 is 0 Å². The monoisotopic (exact) mass is 331 g/mol. The predicted molar refractivity (Wildman–Crippen MR) is 91.1 cm³/mol. The highest BCUT2D eigenvalue weighted by Gasteiger charge is 2.20. The van der Waals surface area contributed by atoms with E-state index in [0.29, 0.717) is 23.7 Å². The number of ether oxygens (including phenoxy) is 2. The molecule has 0 fully saturated rings. The fourth-order valence-electron chi connectivity index (χ4n) is 2.42. The predicted octanol–water partition coefficient (Wildman–Crippen LogP) is 4.07. The molecule has 0 radical (unpaired) electrons. The summed E-state index contributed by atoms with van der Waals surface area (Å²) in [5.74, 6) is 0.684. The van der Waals surface area contributed by atoms with Crippen LogP contribution in [-0.4, -0.2) is 31.6 Å². The largest absolute Gasteiger partial charge is 0.493 e. The number of amides is 1. The molecule has 1 unspecified atom stereocenters. The average Bonchev–Trinajstić information content (AvgIpc) is 2.60. The number of nitrogens with zero attached hydrogens (tertiary/aromatic N) is 1. The van der Waals surface area contributed by atoms with Crippen molar-refractivity contribution in [3.05, 3.63) is 59.4 Å². The molecule has 2 rings (SSSR count). The Kier molecular flexibility index (Phi) is 5.79. The van der Waals surface area contributed by atoms with Gasteiger partial charge in [0.1, 0.15) is 5.82 Å². The third kappa shape index (κ3) is 3.85. The first-order valence-electron chi connectivity index (χ1n) is 7.81. The van der Waals surface area contributed by atoms with E-state index < -0.39 is 0 Å². The van der Waals surface area contributed by atoms with E-state index in [4.69, 9.17) is 9.47 Å². The minimum absolute atomic E-state index is 0.143. The summed E-state index contributed by atoms with van der Waals surface area (Å²) in [6, 6.07) is 11.1. The van der Waals surface area contributed by atoms with Gasteiger partial charge in [0.2, 0.25) is 0 Å². The van der Waals surface area contributed by atoms with Gasteiger partial charge in [-0.1, -0.05) is 12.1 Å². The molecule has 0 bridgehead atoms. The van der Waals surface area contributed by atoms with E-state index in [1.165, 1.54) is 12.1 Å². The number of rotatable bonds is 6. The maximum atomic E-state index is 13.1. The van der Waals surface area contributed by atoms with E-state index in [1.807, 2.05) is 13.8 Å². The Morgan fingerprint density at radius 2 is 1.83 bits per heavy atom. The first kappa shape index (κ1) is 17.8. The Balaban J connectivity index is 2.23. The molecular formula is C19H22FNO3. The van der Waals surface area contributed by atoms with Gasteiger partial charge in [-0.05, 0) is 49.7 Å². The van der Waals surface area contributed by atoms with Gasteiger partial charge < -0.3 is 14.4 Å². The van der Waals surface area contributed by atoms with E-state index in [2.05, 4.69) is 0 Å². The number of benzene rings is 2. The zero-order valence-electron chi connectivity index (χ0n) is 14.4. The highest BCUT2D eigenvalue weighted by atomic mass is 19.1. The van der Waals surface area contributed by atoms with Gasteiger partial charge in [-0.2, -0.15) is 0 Å². The van der Waals surface area contributed by atoms with Gasteiger partial charge in [0.15, 0.2) is 11.5 Å². The van der Waals surface area contributed by atoms with Crippen molar-refractivity contribution in [1.29, 1.82) is 0 Å². The van der Waals surface area contributed by atoms with Crippen LogP contribution in [0, 0.1) is 5.82 Å². The van der Waals surface area contributed by atoms with E-state index >= 15 is 0 Å². The van der Waals surface area contributed by atoms with Crippen LogP contribution in [0.15, 0.2) is 42.5 Å². The van der Waals surface area contributed by atoms with Gasteiger partial charge in [0.25, 0.3) is 5.91 Å². The molecule has 0 aromatic heterocycles. The number of hydrogen-bond donors (Lipinski definition) is 0. The quantitative estimate of drug-likeness (QED) is 0.801. The maximum absolute atomic E-state index is 13.1. The summed E-state index contributed by atoms with van der Waals surface area (Å²) in [7, 11) is 3.28. The minimum atomic E-state index is -0.295. The molecule has 5 heteroatoms. The lowest BCUT2D eigenvalue weighted by atomic mass is 10.1. The lowest BCUT2D eigenvalue weighted by Gasteiger charge is -2.25. The lowest BCUT2D eigenvalue weighted by molar-refractivity contribution is 0.0742. The van der Waals surface area contributed by atoms with Crippen LogP contribution in [0.4, 0.5) is 4.39 Å². The van der Waals surface area contributed by atoms with Gasteiger partial charge in [-0.3, -0.25) is 4.79 Å². The van der Waals surface area contributed by atoms with Crippen LogP contribution in [0.3, 0.4) is 0 Å². The summed E-state index contributed by atoms with van der Waals surface area (Å²) in [5, 5.41) is 0. The molecule has 2 aromatic carbocycles. The molecule has 0 aliphatic rings. The van der Waals surface area contributed by atoms with Gasteiger partial charge in [0.05, 0.1) is 19.8 Å². The van der Waals surface area contributed by atoms with Crippen molar-refractivity contribution in [2.24, 2.45) is 0 Å². The lowest BCUT2D eigenvalue weighted by Crippen LogP contribution is -2.29. The van der Waals surface area contributed by atoms with Crippen molar-refractivity contribution in [3.63, 3.8) is 0 Å². The molecule has 0 saturated carbocycles. The van der Waals surface area contributed by atoms with Crippen LogP contribution < -0.4 is 9.47 Å². The standard InChI is InChI=1S/C19H22FNO3/c1-5-24-18-12-15(8-11-17(18)23-4)19(22)21(3)13(2)14-6-9-16(20)10-7-14/h6-13H,5H2,1-4H3. The SMILES string of the molecule is CCOc1cc(C(=O)N(C)C(C)c2ccc(F)cc2)ccc1OC. The first-order valence-corrected chi connectivity index (χ1v) is 7.81. The van der Waals surface area contributed by atoms with Crippen molar-refractivity contribution < 1.29 is 18.7 Å². The van der Waals surface area contributed by atoms with Crippen LogP contribution in [0.1, 0.15) is 35.8 Å². The van der Waals surface area contributed by atoms with Gasteiger partial charge in [-0.15, -0.1) is 0 Å². The van der Waals surface area contributed by atoms with Crippen LogP contribution in [0.25, 0.3) is 0 Å². The van der Waals surface area contributed by atoms with Gasteiger partial charge in [0, 0.05) is 12.6 Å². The Bertz CT molecular complexity index is 700. The second kappa shape index (κ2) is 7.81. The molecule has 0 aliphatic carbocycles. The molecule has 128 valence electrons. The summed E-state index contributed by atoms with van der Waals surface area (Å²) < 4.78 is 23.8. The maximum Gasteiger partial charge on any atom is 0.254 e. The smallest absolute Gasteiger partial charge is 0.254 e. The van der Waals surface area contributed by atoms with Crippen LogP contribution in [0.5, 0.6) is 11.5 Å². The highest BCUT2D eigenvalue weighted by Crippen LogP contribution is 2.29. The van der Waals surface area contributed by atoms with Crippen molar-refractivity contribution in [1.82, 2.24) is 4.90 Å². The summed E-state index contributed by atoms with van der Waals surface area (Å²) in [5.41, 5.74) is 1.38. The Labute approximate surface area is 141 Å². The molecule has 0 N–H and O–H groups in total. The topological polar surface area (TPSA) is 38.8 Å². The third-order valence-corrected chi connectivity index (χ3v) is 3.96. The summed E-state index contributed by atoms with van der Waals surface area (Å²) >= 11 is 0. The van der Waals surface area contributed by atoms with Crippen LogP contribution in [-0.2, 0) is 0 Å². The minimum Gasteiger partial charge on any atom is -0.493 e. The zero-order valence-corrected chi connectivity index (χ0v) is 14.4. The summed E-state index contributed by atoms with van der Waals surface area (Å²) in [4.78, 5) is 14.4. The van der Waals surface area contributed by atoms with E-state index in [1.54, 1.807) is 49.4 Å². The second-order valence-electron chi connectivity index (χ2n) is 5.44. The van der Waals surface area contributed by atoms with Gasteiger partial charge in [-0.25, -0.2) is 4.39 Å². The van der Waals surface area contributed by atoms with E-state index in [9.17, 15) is 9.18 Å². The van der Waals surface area contributed by atoms with Gasteiger partial charge >= 0.3 is 0 Å². The van der Waals surface area contributed by atoms with Crippen molar-refractivity contribution in [2.75, 3.05) is 20.8 Å². The molecule has 0 spiro atoms. The molecule has 4 nitrogen and oxygen atoms in total. The zero-order chi connectivity index (χ0) is 17.7. The summed E-state index contributed by atoms with van der Waals surface area (Å²) in [6.07, 6.45) is 0. The average molecular weight is 331 g/mol. The Morgan fingerprint density at radius 1 is 1.17 bits per heavy atom. The normalized spacial score (nSPS) is 11.7. The first-order chi connectivity index (χ1) is 11.5. The third-order valence-electron chi connectivity index (χ3n) is 3.96. The number of methoxy groups -OCH3 is 1.